The Morgan fingerprint density at radius 2 is 1.51 bits per heavy atom. The van der Waals surface area contributed by atoms with Crippen molar-refractivity contribution in [1.82, 2.24) is 10.2 Å². The van der Waals surface area contributed by atoms with Crippen LogP contribution in [-0.2, 0) is 15.2 Å². The van der Waals surface area contributed by atoms with Crippen LogP contribution >= 0.6 is 11.8 Å². The van der Waals surface area contributed by atoms with Gasteiger partial charge in [-0.1, -0.05) is 60.7 Å². The number of ether oxygens (including phenoxy) is 1. The molecule has 1 atom stereocenters. The number of carbonyl (C=O) groups excluding carboxylic acids is 2. The Bertz CT molecular complexity index is 1120. The van der Waals surface area contributed by atoms with Gasteiger partial charge in [-0.3, -0.25) is 9.59 Å². The van der Waals surface area contributed by atoms with Crippen LogP contribution in [0.25, 0.3) is 0 Å². The minimum atomic E-state index is -1.14. The zero-order valence-corrected chi connectivity index (χ0v) is 22.1. The lowest BCUT2D eigenvalue weighted by atomic mass is 9.72. The fourth-order valence-corrected chi connectivity index (χ4v) is 5.95. The van der Waals surface area contributed by atoms with Gasteiger partial charge in [0.1, 0.15) is 17.4 Å². The van der Waals surface area contributed by atoms with Gasteiger partial charge in [-0.05, 0) is 54.2 Å². The maximum absolute atomic E-state index is 13.5. The summed E-state index contributed by atoms with van der Waals surface area (Å²) in [6, 6.07) is 26.6. The van der Waals surface area contributed by atoms with E-state index in [2.05, 4.69) is 5.32 Å². The lowest BCUT2D eigenvalue weighted by molar-refractivity contribution is -0.137. The Morgan fingerprint density at radius 3 is 2.00 bits per heavy atom. The first-order valence-corrected chi connectivity index (χ1v) is 13.6. The minimum absolute atomic E-state index is 0.0470. The van der Waals surface area contributed by atoms with Crippen molar-refractivity contribution in [2.75, 3.05) is 26.0 Å². The maximum atomic E-state index is 13.5. The van der Waals surface area contributed by atoms with Crippen LogP contribution in [0.15, 0.2) is 89.8 Å². The molecule has 37 heavy (non-hydrogen) atoms. The van der Waals surface area contributed by atoms with E-state index >= 15 is 0 Å². The Balaban J connectivity index is 1.45. The summed E-state index contributed by atoms with van der Waals surface area (Å²) < 4.78 is 5.21. The van der Waals surface area contributed by atoms with E-state index in [1.165, 1.54) is 18.7 Å². The molecular formula is C30H34N2O4S. The molecular weight excluding hydrogens is 484 g/mol. The molecule has 6 nitrogen and oxygen atoms in total. The molecule has 1 fully saturated rings. The molecule has 3 aromatic rings. The molecule has 1 saturated heterocycles. The molecule has 4 rings (SSSR count). The quantitative estimate of drug-likeness (QED) is 0.409. The van der Waals surface area contributed by atoms with Crippen molar-refractivity contribution < 1.29 is 19.4 Å². The first-order chi connectivity index (χ1) is 17.9. The van der Waals surface area contributed by atoms with Crippen molar-refractivity contribution in [1.29, 1.82) is 0 Å². The van der Waals surface area contributed by atoms with Crippen LogP contribution in [-0.4, -0.2) is 53.8 Å². The van der Waals surface area contributed by atoms with E-state index in [0.29, 0.717) is 31.7 Å². The highest BCUT2D eigenvalue weighted by Crippen LogP contribution is 2.42. The van der Waals surface area contributed by atoms with Crippen LogP contribution in [0.4, 0.5) is 0 Å². The van der Waals surface area contributed by atoms with E-state index < -0.39 is 11.6 Å². The molecule has 1 aliphatic rings. The first kappa shape index (κ1) is 26.8. The van der Waals surface area contributed by atoms with E-state index in [9.17, 15) is 14.7 Å². The molecule has 3 aromatic carbocycles. The van der Waals surface area contributed by atoms with Crippen molar-refractivity contribution >= 4 is 23.6 Å². The summed E-state index contributed by atoms with van der Waals surface area (Å²) in [6.07, 6.45) is 1.31. The predicted octanol–water partition coefficient (Wildman–Crippen LogP) is 4.47. The van der Waals surface area contributed by atoms with Gasteiger partial charge in [0, 0.05) is 30.7 Å². The lowest BCUT2D eigenvalue weighted by Gasteiger charge is -2.43. The average Bonchev–Trinajstić information content (AvgIpc) is 2.95. The first-order valence-electron chi connectivity index (χ1n) is 12.6. The van der Waals surface area contributed by atoms with E-state index in [1.807, 2.05) is 89.8 Å². The highest BCUT2D eigenvalue weighted by atomic mass is 32.2. The Hall–Kier alpha value is -3.29. The van der Waals surface area contributed by atoms with Gasteiger partial charge < -0.3 is 20.1 Å². The molecule has 0 saturated carbocycles. The number of carbonyl (C=O) groups is 2. The summed E-state index contributed by atoms with van der Waals surface area (Å²) in [7, 11) is 1.62. The lowest BCUT2D eigenvalue weighted by Crippen LogP contribution is -2.53. The standard InChI is InChI=1S/C30H34N2O4S/c1-22(33)31-28(21-37-27-15-13-26(36-2)14-16-27)29(34)32-19-17-25(18-20-32)30(35,23-9-5-3-6-10-23)24-11-7-4-8-12-24/h3-16,25,28,35H,17-21H2,1-2H3,(H,31,33). The zero-order valence-electron chi connectivity index (χ0n) is 21.3. The molecule has 0 aromatic heterocycles. The summed E-state index contributed by atoms with van der Waals surface area (Å²) in [4.78, 5) is 28.2. The van der Waals surface area contributed by atoms with Crippen molar-refractivity contribution in [2.45, 2.75) is 36.3 Å². The fourth-order valence-electron chi connectivity index (χ4n) is 5.03. The SMILES string of the molecule is COc1ccc(SCC(NC(C)=O)C(=O)N2CCC(C(O)(c3ccccc3)c3ccccc3)CC2)cc1. The van der Waals surface area contributed by atoms with Gasteiger partial charge in [0.2, 0.25) is 11.8 Å². The number of thioether (sulfide) groups is 1. The highest BCUT2D eigenvalue weighted by molar-refractivity contribution is 7.99. The summed E-state index contributed by atoms with van der Waals surface area (Å²) in [6.45, 7) is 2.48. The number of likely N-dealkylation sites (tertiary alicyclic amines) is 1. The third-order valence-electron chi connectivity index (χ3n) is 6.98. The van der Waals surface area contributed by atoms with E-state index in [1.54, 1.807) is 7.11 Å². The van der Waals surface area contributed by atoms with Crippen molar-refractivity contribution in [2.24, 2.45) is 5.92 Å². The van der Waals surface area contributed by atoms with Crippen LogP contribution in [0.3, 0.4) is 0 Å². The molecule has 1 unspecified atom stereocenters. The number of rotatable bonds is 9. The topological polar surface area (TPSA) is 78.9 Å². The largest absolute Gasteiger partial charge is 0.497 e. The number of hydrogen-bond donors (Lipinski definition) is 2. The minimum Gasteiger partial charge on any atom is -0.497 e. The molecule has 0 spiro atoms. The second-order valence-corrected chi connectivity index (χ2v) is 10.4. The predicted molar refractivity (Wildman–Crippen MR) is 147 cm³/mol. The fraction of sp³-hybridized carbons (Fsp3) is 0.333. The molecule has 0 aliphatic carbocycles. The number of nitrogens with zero attached hydrogens (tertiary/aromatic N) is 1. The van der Waals surface area contributed by atoms with Gasteiger partial charge in [0.05, 0.1) is 7.11 Å². The average molecular weight is 519 g/mol. The molecule has 1 aliphatic heterocycles. The number of nitrogens with one attached hydrogen (secondary N) is 1. The van der Waals surface area contributed by atoms with Gasteiger partial charge in [0.25, 0.3) is 0 Å². The number of methoxy groups -OCH3 is 1. The van der Waals surface area contributed by atoms with Gasteiger partial charge in [0.15, 0.2) is 0 Å². The van der Waals surface area contributed by atoms with Crippen molar-refractivity contribution in [3.63, 3.8) is 0 Å². The molecule has 194 valence electrons. The Kier molecular flexibility index (Phi) is 8.90. The summed E-state index contributed by atoms with van der Waals surface area (Å²) in [5, 5.41) is 14.9. The van der Waals surface area contributed by atoms with Crippen LogP contribution in [0.1, 0.15) is 30.9 Å². The highest BCUT2D eigenvalue weighted by Gasteiger charge is 2.42. The van der Waals surface area contributed by atoms with E-state index in [0.717, 1.165) is 21.8 Å². The second-order valence-electron chi connectivity index (χ2n) is 9.34. The monoisotopic (exact) mass is 518 g/mol. The molecule has 7 heteroatoms. The van der Waals surface area contributed by atoms with Gasteiger partial charge in [-0.15, -0.1) is 11.8 Å². The molecule has 1 heterocycles. The van der Waals surface area contributed by atoms with Crippen LogP contribution in [0, 0.1) is 5.92 Å². The molecule has 0 bridgehead atoms. The number of amides is 2. The number of piperidine rings is 1. The molecule has 2 N–H and O–H groups in total. The van der Waals surface area contributed by atoms with Crippen LogP contribution in [0.2, 0.25) is 0 Å². The van der Waals surface area contributed by atoms with Crippen LogP contribution < -0.4 is 10.1 Å². The Labute approximate surface area is 223 Å². The normalized spacial score (nSPS) is 15.2. The molecule has 2 amide bonds. The van der Waals surface area contributed by atoms with E-state index in [4.69, 9.17) is 4.74 Å². The maximum Gasteiger partial charge on any atom is 0.246 e. The second kappa shape index (κ2) is 12.3. The third kappa shape index (κ3) is 6.35. The molecule has 0 radical (unpaired) electrons. The zero-order chi connectivity index (χ0) is 26.3. The summed E-state index contributed by atoms with van der Waals surface area (Å²) in [5.74, 6) is 0.841. The number of benzene rings is 3. The summed E-state index contributed by atoms with van der Waals surface area (Å²) in [5.41, 5.74) is 0.579. The van der Waals surface area contributed by atoms with Gasteiger partial charge >= 0.3 is 0 Å². The Morgan fingerprint density at radius 1 is 0.973 bits per heavy atom. The number of hydrogen-bond acceptors (Lipinski definition) is 5. The van der Waals surface area contributed by atoms with Crippen molar-refractivity contribution in [3.05, 3.63) is 96.1 Å². The van der Waals surface area contributed by atoms with Crippen LogP contribution in [0.5, 0.6) is 5.75 Å². The third-order valence-corrected chi connectivity index (χ3v) is 8.08. The van der Waals surface area contributed by atoms with Crippen molar-refractivity contribution in [3.8, 4) is 5.75 Å². The van der Waals surface area contributed by atoms with Gasteiger partial charge in [-0.2, -0.15) is 0 Å². The summed E-state index contributed by atoms with van der Waals surface area (Å²) >= 11 is 1.52. The smallest absolute Gasteiger partial charge is 0.246 e. The van der Waals surface area contributed by atoms with Gasteiger partial charge in [-0.25, -0.2) is 0 Å². The van der Waals surface area contributed by atoms with E-state index in [-0.39, 0.29) is 17.7 Å². The number of aliphatic hydroxyl groups is 1.